The molecule has 0 aromatic heterocycles. The van der Waals surface area contributed by atoms with Crippen LogP contribution in [-0.2, 0) is 11.2 Å². The fourth-order valence-electron chi connectivity index (χ4n) is 3.73. The molecule has 1 aromatic carbocycles. The summed E-state index contributed by atoms with van der Waals surface area (Å²) in [6.45, 7) is 5.80. The molecule has 1 aromatic rings. The first-order valence-corrected chi connectivity index (χ1v) is 11.8. The van der Waals surface area contributed by atoms with E-state index in [-0.39, 0.29) is 36.9 Å². The molecule has 0 atom stereocenters. The molecule has 1 N–H and O–H groups in total. The summed E-state index contributed by atoms with van der Waals surface area (Å²) in [5.74, 6) is -0.135. The second kappa shape index (κ2) is 20.7. The summed E-state index contributed by atoms with van der Waals surface area (Å²) in [5.41, 5.74) is 2.16. The van der Waals surface area contributed by atoms with Crippen LogP contribution in [-0.4, -0.2) is 5.91 Å². The summed E-state index contributed by atoms with van der Waals surface area (Å²) in [4.78, 5) is 11.5. The minimum atomic E-state index is -0.135. The van der Waals surface area contributed by atoms with Crippen LogP contribution in [0.3, 0.4) is 0 Å². The van der Waals surface area contributed by atoms with Crippen LogP contribution < -0.4 is 34.9 Å². The van der Waals surface area contributed by atoms with Gasteiger partial charge in [0.05, 0.1) is 0 Å². The van der Waals surface area contributed by atoms with Gasteiger partial charge in [0.2, 0.25) is 5.91 Å². The number of aryl methyl sites for hydroxylation is 1. The van der Waals surface area contributed by atoms with E-state index in [1.165, 1.54) is 108 Å². The first-order chi connectivity index (χ1) is 13.8. The van der Waals surface area contributed by atoms with Crippen molar-refractivity contribution in [1.29, 1.82) is 0 Å². The summed E-state index contributed by atoms with van der Waals surface area (Å²) < 4.78 is 0. The predicted molar refractivity (Wildman–Crippen MR) is 125 cm³/mol. The van der Waals surface area contributed by atoms with E-state index >= 15 is 0 Å². The van der Waals surface area contributed by atoms with Gasteiger partial charge in [-0.15, -0.1) is 0 Å². The molecule has 0 aliphatic rings. The van der Waals surface area contributed by atoms with Gasteiger partial charge in [0, 0.05) is 5.69 Å². The second-order valence-electron chi connectivity index (χ2n) is 8.05. The van der Waals surface area contributed by atoms with Crippen LogP contribution in [0.2, 0.25) is 0 Å². The van der Waals surface area contributed by atoms with Gasteiger partial charge in [-0.25, -0.2) is 0 Å². The van der Waals surface area contributed by atoms with Crippen LogP contribution in [0.1, 0.15) is 110 Å². The van der Waals surface area contributed by atoms with Gasteiger partial charge >= 0.3 is 29.6 Å². The van der Waals surface area contributed by atoms with Crippen molar-refractivity contribution in [3.05, 3.63) is 42.5 Å². The van der Waals surface area contributed by atoms with Crippen molar-refractivity contribution in [2.45, 2.75) is 110 Å². The molecule has 0 fully saturated rings. The molecule has 0 bridgehead atoms. The maximum Gasteiger partial charge on any atom is 1.00 e. The molecule has 0 aliphatic heterocycles. The summed E-state index contributed by atoms with van der Waals surface area (Å²) in [7, 11) is 0. The normalized spacial score (nSPS) is 10.4. The number of nitrogens with one attached hydrogen (secondary N) is 1. The Hall–Kier alpha value is -0.570. The third kappa shape index (κ3) is 15.9. The maximum absolute atomic E-state index is 11.5. The Labute approximate surface area is 204 Å². The SMILES string of the molecule is C=CC(=O)Nc1ccccc1CCCCCCCCCCCCCCCCC.[H-].[Na+]. The first-order valence-electron chi connectivity index (χ1n) is 11.8. The molecule has 3 heteroatoms. The Bertz CT molecular complexity index is 536. The number of benzene rings is 1. The Morgan fingerprint density at radius 2 is 1.28 bits per heavy atom. The molecule has 0 spiro atoms. The van der Waals surface area contributed by atoms with E-state index in [0.717, 1.165) is 12.1 Å². The van der Waals surface area contributed by atoms with E-state index in [2.05, 4.69) is 24.9 Å². The quantitative estimate of drug-likeness (QED) is 0.198. The molecule has 0 saturated carbocycles. The van der Waals surface area contributed by atoms with Crippen molar-refractivity contribution in [2.75, 3.05) is 5.32 Å². The number of hydrogen-bond acceptors (Lipinski definition) is 1. The third-order valence-corrected chi connectivity index (χ3v) is 5.51. The minimum Gasteiger partial charge on any atom is -1.00 e. The monoisotopic (exact) mass is 409 g/mol. The van der Waals surface area contributed by atoms with Crippen molar-refractivity contribution in [3.8, 4) is 0 Å². The van der Waals surface area contributed by atoms with Crippen molar-refractivity contribution >= 4 is 11.6 Å². The van der Waals surface area contributed by atoms with E-state index in [0.29, 0.717) is 0 Å². The Morgan fingerprint density at radius 1 is 0.828 bits per heavy atom. The van der Waals surface area contributed by atoms with Crippen molar-refractivity contribution in [1.82, 2.24) is 0 Å². The van der Waals surface area contributed by atoms with Crippen LogP contribution in [0.4, 0.5) is 5.69 Å². The smallest absolute Gasteiger partial charge is 1.00 e. The number of para-hydroxylation sites is 1. The zero-order chi connectivity index (χ0) is 20.3. The molecular formula is C26H44NNaO. The topological polar surface area (TPSA) is 29.1 Å². The molecule has 0 saturated heterocycles. The number of unbranched alkanes of at least 4 members (excludes halogenated alkanes) is 14. The largest absolute Gasteiger partial charge is 1.00 e. The molecular weight excluding hydrogens is 365 g/mol. The van der Waals surface area contributed by atoms with E-state index in [1.807, 2.05) is 18.2 Å². The average Bonchev–Trinajstić information content (AvgIpc) is 2.72. The van der Waals surface area contributed by atoms with Crippen LogP contribution in [0.5, 0.6) is 0 Å². The summed E-state index contributed by atoms with van der Waals surface area (Å²) in [6, 6.07) is 8.10. The van der Waals surface area contributed by atoms with Gasteiger partial charge in [-0.2, -0.15) is 0 Å². The zero-order valence-electron chi connectivity index (χ0n) is 20.3. The van der Waals surface area contributed by atoms with E-state index in [4.69, 9.17) is 0 Å². The number of carbonyl (C=O) groups excluding carboxylic acids is 1. The molecule has 160 valence electrons. The molecule has 0 unspecified atom stereocenters. The van der Waals surface area contributed by atoms with Gasteiger partial charge in [0.25, 0.3) is 0 Å². The van der Waals surface area contributed by atoms with E-state index in [1.54, 1.807) is 0 Å². The number of carbonyl (C=O) groups is 1. The third-order valence-electron chi connectivity index (χ3n) is 5.51. The van der Waals surface area contributed by atoms with Gasteiger partial charge in [0.1, 0.15) is 0 Å². The Balaban J connectivity index is 0. The van der Waals surface area contributed by atoms with Gasteiger partial charge in [-0.05, 0) is 30.5 Å². The number of amides is 1. The molecule has 0 aliphatic carbocycles. The Kier molecular flexibility index (Phi) is 20.3. The molecule has 1 amide bonds. The minimum absolute atomic E-state index is 0. The second-order valence-corrected chi connectivity index (χ2v) is 8.05. The zero-order valence-corrected chi connectivity index (χ0v) is 21.3. The Morgan fingerprint density at radius 3 is 1.76 bits per heavy atom. The van der Waals surface area contributed by atoms with Gasteiger partial charge in [-0.3, -0.25) is 4.79 Å². The first kappa shape index (κ1) is 28.4. The number of anilines is 1. The summed E-state index contributed by atoms with van der Waals surface area (Å²) in [6.07, 6.45) is 23.2. The fourth-order valence-corrected chi connectivity index (χ4v) is 3.73. The standard InChI is InChI=1S/C26H43NO.Na.H/c1-3-5-6-7-8-9-10-11-12-13-14-15-16-17-18-21-24-22-19-20-23-25(24)27-26(28)4-2;;/h4,19-20,22-23H,2-3,5-18,21H2,1H3,(H,27,28);;/q;+1;-1. The van der Waals surface area contributed by atoms with Crippen molar-refractivity contribution in [3.63, 3.8) is 0 Å². The number of hydrogen-bond donors (Lipinski definition) is 1. The van der Waals surface area contributed by atoms with Crippen LogP contribution in [0, 0.1) is 0 Å². The van der Waals surface area contributed by atoms with Gasteiger partial charge < -0.3 is 6.74 Å². The van der Waals surface area contributed by atoms with Crippen molar-refractivity contribution < 1.29 is 35.8 Å². The van der Waals surface area contributed by atoms with E-state index in [9.17, 15) is 4.79 Å². The average molecular weight is 410 g/mol. The van der Waals surface area contributed by atoms with Crippen LogP contribution >= 0.6 is 0 Å². The number of rotatable bonds is 18. The maximum atomic E-state index is 11.5. The molecule has 29 heavy (non-hydrogen) atoms. The van der Waals surface area contributed by atoms with Crippen LogP contribution in [0.25, 0.3) is 0 Å². The van der Waals surface area contributed by atoms with Crippen molar-refractivity contribution in [2.24, 2.45) is 0 Å². The molecule has 1 rings (SSSR count). The molecule has 0 radical (unpaired) electrons. The van der Waals surface area contributed by atoms with Gasteiger partial charge in [-0.1, -0.05) is 122 Å². The predicted octanol–water partition coefficient (Wildman–Crippen LogP) is 5.34. The van der Waals surface area contributed by atoms with Gasteiger partial charge in [0.15, 0.2) is 0 Å². The fraction of sp³-hybridized carbons (Fsp3) is 0.654. The van der Waals surface area contributed by atoms with Crippen LogP contribution in [0.15, 0.2) is 36.9 Å². The summed E-state index contributed by atoms with van der Waals surface area (Å²) in [5, 5.41) is 2.91. The molecule has 0 heterocycles. The molecule has 2 nitrogen and oxygen atoms in total. The summed E-state index contributed by atoms with van der Waals surface area (Å²) >= 11 is 0. The van der Waals surface area contributed by atoms with E-state index < -0.39 is 0 Å².